The minimum atomic E-state index is -0.990. The van der Waals surface area contributed by atoms with Crippen LogP contribution in [-0.2, 0) is 4.79 Å². The van der Waals surface area contributed by atoms with E-state index in [-0.39, 0.29) is 11.3 Å². The summed E-state index contributed by atoms with van der Waals surface area (Å²) < 4.78 is 18.1. The molecule has 8 heteroatoms. The highest BCUT2D eigenvalue weighted by Gasteiger charge is 2.46. The van der Waals surface area contributed by atoms with Crippen molar-refractivity contribution in [3.05, 3.63) is 125 Å². The average molecular weight is 556 g/mol. The van der Waals surface area contributed by atoms with Crippen molar-refractivity contribution >= 4 is 44.3 Å². The summed E-state index contributed by atoms with van der Waals surface area (Å²) in [5.74, 6) is -0.412. The van der Waals surface area contributed by atoms with Crippen molar-refractivity contribution in [2.24, 2.45) is 0 Å². The number of Topliss-reactive ketones (excluding diaryl/α,β-unsaturated/α-hetero) is 1. The van der Waals surface area contributed by atoms with E-state index in [0.29, 0.717) is 33.9 Å². The number of amides is 1. The van der Waals surface area contributed by atoms with Crippen molar-refractivity contribution in [3.8, 4) is 11.5 Å². The lowest BCUT2D eigenvalue weighted by atomic mass is 9.99. The predicted molar refractivity (Wildman–Crippen MR) is 140 cm³/mol. The van der Waals surface area contributed by atoms with Crippen LogP contribution in [0.15, 0.2) is 122 Å². The molecule has 3 heterocycles. The van der Waals surface area contributed by atoms with E-state index in [1.54, 1.807) is 54.6 Å². The van der Waals surface area contributed by atoms with Gasteiger partial charge in [-0.05, 0) is 72.8 Å². The minimum absolute atomic E-state index is 0.00691. The molecule has 0 saturated heterocycles. The van der Waals surface area contributed by atoms with Gasteiger partial charge in [-0.25, -0.2) is 0 Å². The van der Waals surface area contributed by atoms with Crippen molar-refractivity contribution in [3.63, 3.8) is 0 Å². The number of rotatable bonds is 6. The number of ketones is 1. The van der Waals surface area contributed by atoms with E-state index in [1.165, 1.54) is 11.2 Å². The number of carbonyl (C=O) groups is 2. The quantitative estimate of drug-likeness (QED) is 0.220. The smallest absolute Gasteiger partial charge is 0.294 e. The number of fused-ring (bicyclic) bond motifs is 1. The van der Waals surface area contributed by atoms with Gasteiger partial charge in [-0.2, -0.15) is 0 Å². The molecule has 1 amide bonds. The summed E-state index contributed by atoms with van der Waals surface area (Å²) in [6, 6.07) is 25.4. The molecule has 1 N–H and O–H groups in total. The van der Waals surface area contributed by atoms with Crippen molar-refractivity contribution in [1.82, 2.24) is 0 Å². The summed E-state index contributed by atoms with van der Waals surface area (Å²) in [6.07, 6.45) is 1.45. The third-order valence-electron chi connectivity index (χ3n) is 6.06. The van der Waals surface area contributed by atoms with E-state index >= 15 is 0 Å². The molecule has 6 rings (SSSR count). The summed E-state index contributed by atoms with van der Waals surface area (Å²) in [4.78, 5) is 28.3. The van der Waals surface area contributed by atoms with Crippen LogP contribution in [0.4, 0.5) is 5.69 Å². The Morgan fingerprint density at radius 1 is 0.919 bits per heavy atom. The Kier molecular flexibility index (Phi) is 5.65. The number of ether oxygens (including phenoxy) is 1. The summed E-state index contributed by atoms with van der Waals surface area (Å²) in [5, 5.41) is 11.6. The van der Waals surface area contributed by atoms with Crippen molar-refractivity contribution in [2.75, 3.05) is 4.90 Å². The number of para-hydroxylation sites is 1. The lowest BCUT2D eigenvalue weighted by Crippen LogP contribution is -2.30. The monoisotopic (exact) mass is 555 g/mol. The lowest BCUT2D eigenvalue weighted by molar-refractivity contribution is -0.117. The molecule has 0 bridgehead atoms. The lowest BCUT2D eigenvalue weighted by Gasteiger charge is -2.25. The highest BCUT2D eigenvalue weighted by molar-refractivity contribution is 9.10. The molecule has 1 atom stereocenters. The first-order valence-corrected chi connectivity index (χ1v) is 12.2. The van der Waals surface area contributed by atoms with Gasteiger partial charge in [0.25, 0.3) is 5.91 Å². The van der Waals surface area contributed by atoms with Crippen LogP contribution in [-0.4, -0.2) is 16.8 Å². The fourth-order valence-electron chi connectivity index (χ4n) is 4.38. The molecule has 3 aromatic carbocycles. The molecule has 0 spiro atoms. The van der Waals surface area contributed by atoms with E-state index in [1.807, 2.05) is 36.4 Å². The molecule has 2 aromatic heterocycles. The SMILES string of the molecule is O=C(C1=C(O)C(=O)N(c2ccc(Oc3ccccc3)cc2)C1c1ccco1)c1cc2cc(Br)ccc2o1. The minimum Gasteiger partial charge on any atom is -0.503 e. The van der Waals surface area contributed by atoms with Gasteiger partial charge in [0, 0.05) is 15.5 Å². The molecule has 37 heavy (non-hydrogen) atoms. The highest BCUT2D eigenvalue weighted by Crippen LogP contribution is 2.43. The van der Waals surface area contributed by atoms with Gasteiger partial charge in [-0.3, -0.25) is 14.5 Å². The Morgan fingerprint density at radius 3 is 2.41 bits per heavy atom. The van der Waals surface area contributed by atoms with Crippen molar-refractivity contribution in [1.29, 1.82) is 0 Å². The third kappa shape index (κ3) is 4.11. The average Bonchev–Trinajstić information content (AvgIpc) is 3.64. The number of benzene rings is 3. The summed E-state index contributed by atoms with van der Waals surface area (Å²) in [7, 11) is 0. The van der Waals surface area contributed by atoms with Gasteiger partial charge in [-0.1, -0.05) is 34.1 Å². The maximum absolute atomic E-state index is 13.6. The zero-order chi connectivity index (χ0) is 25.5. The second-order valence-electron chi connectivity index (χ2n) is 8.39. The molecule has 7 nitrogen and oxygen atoms in total. The maximum Gasteiger partial charge on any atom is 0.294 e. The second-order valence-corrected chi connectivity index (χ2v) is 9.30. The second kappa shape index (κ2) is 9.15. The number of anilines is 1. The highest BCUT2D eigenvalue weighted by atomic mass is 79.9. The van der Waals surface area contributed by atoms with Crippen LogP contribution in [0.1, 0.15) is 22.4 Å². The van der Waals surface area contributed by atoms with Gasteiger partial charge < -0.3 is 18.7 Å². The van der Waals surface area contributed by atoms with Crippen LogP contribution in [0.2, 0.25) is 0 Å². The molecule has 0 fully saturated rings. The van der Waals surface area contributed by atoms with E-state index < -0.39 is 23.5 Å². The van der Waals surface area contributed by atoms with Crippen LogP contribution in [0.5, 0.6) is 11.5 Å². The third-order valence-corrected chi connectivity index (χ3v) is 6.55. The molecular weight excluding hydrogens is 538 g/mol. The molecule has 0 aliphatic carbocycles. The maximum atomic E-state index is 13.6. The molecule has 1 aliphatic rings. The number of hydrogen-bond donors (Lipinski definition) is 1. The Morgan fingerprint density at radius 2 is 1.68 bits per heavy atom. The molecule has 1 aliphatic heterocycles. The number of aliphatic hydroxyl groups is 1. The normalized spacial score (nSPS) is 15.5. The summed E-state index contributed by atoms with van der Waals surface area (Å²) >= 11 is 3.41. The zero-order valence-corrected chi connectivity index (χ0v) is 20.7. The van der Waals surface area contributed by atoms with Gasteiger partial charge in [0.05, 0.1) is 11.8 Å². The first-order valence-electron chi connectivity index (χ1n) is 11.4. The standard InChI is InChI=1S/C29H18BrNO6/c30-18-8-13-22-17(15-18)16-24(37-22)27(32)25-26(23-7-4-14-35-23)31(29(34)28(25)33)19-9-11-21(12-10-19)36-20-5-2-1-3-6-20/h1-16,26,33H. The first kappa shape index (κ1) is 22.9. The van der Waals surface area contributed by atoms with E-state index in [2.05, 4.69) is 15.9 Å². The van der Waals surface area contributed by atoms with Crippen LogP contribution in [0, 0.1) is 0 Å². The molecule has 5 aromatic rings. The Labute approximate surface area is 219 Å². The Balaban J connectivity index is 1.37. The van der Waals surface area contributed by atoms with Gasteiger partial charge in [0.1, 0.15) is 28.9 Å². The molecule has 182 valence electrons. The van der Waals surface area contributed by atoms with Gasteiger partial charge in [-0.15, -0.1) is 0 Å². The number of nitrogens with zero attached hydrogens (tertiary/aromatic N) is 1. The van der Waals surface area contributed by atoms with Crippen LogP contribution in [0.25, 0.3) is 11.0 Å². The molecule has 0 radical (unpaired) electrons. The topological polar surface area (TPSA) is 93.1 Å². The number of halogens is 1. The van der Waals surface area contributed by atoms with E-state index in [4.69, 9.17) is 13.6 Å². The summed E-state index contributed by atoms with van der Waals surface area (Å²) in [6.45, 7) is 0. The Hall–Kier alpha value is -4.56. The molecule has 1 unspecified atom stereocenters. The molecule has 0 saturated carbocycles. The van der Waals surface area contributed by atoms with Crippen LogP contribution >= 0.6 is 15.9 Å². The van der Waals surface area contributed by atoms with Crippen LogP contribution in [0.3, 0.4) is 0 Å². The number of aliphatic hydroxyl groups excluding tert-OH is 1. The number of hydrogen-bond acceptors (Lipinski definition) is 6. The fourth-order valence-corrected chi connectivity index (χ4v) is 4.76. The Bertz CT molecular complexity index is 1650. The fraction of sp³-hybridized carbons (Fsp3) is 0.0345. The van der Waals surface area contributed by atoms with Gasteiger partial charge in [0.15, 0.2) is 11.5 Å². The first-order chi connectivity index (χ1) is 18.0. The summed E-state index contributed by atoms with van der Waals surface area (Å²) in [5.41, 5.74) is 0.841. The molecular formula is C29H18BrNO6. The predicted octanol–water partition coefficient (Wildman–Crippen LogP) is 7.36. The van der Waals surface area contributed by atoms with Gasteiger partial charge >= 0.3 is 0 Å². The largest absolute Gasteiger partial charge is 0.503 e. The number of furan rings is 2. The number of carbonyl (C=O) groups excluding carboxylic acids is 2. The van der Waals surface area contributed by atoms with E-state index in [9.17, 15) is 14.7 Å². The van der Waals surface area contributed by atoms with Crippen LogP contribution < -0.4 is 9.64 Å². The van der Waals surface area contributed by atoms with Crippen molar-refractivity contribution < 1.29 is 28.3 Å². The van der Waals surface area contributed by atoms with Crippen molar-refractivity contribution in [2.45, 2.75) is 6.04 Å². The zero-order valence-electron chi connectivity index (χ0n) is 19.1. The van der Waals surface area contributed by atoms with Gasteiger partial charge in [0.2, 0.25) is 5.78 Å². The van der Waals surface area contributed by atoms with E-state index in [0.717, 1.165) is 4.47 Å².